The van der Waals surface area contributed by atoms with Crippen LogP contribution in [0.15, 0.2) is 82.3 Å². The third-order valence-corrected chi connectivity index (χ3v) is 11.0. The molecule has 2 aliphatic heterocycles. The summed E-state index contributed by atoms with van der Waals surface area (Å²) in [5.74, 6) is 0.298. The maximum atomic E-state index is 12.1. The van der Waals surface area contributed by atoms with Crippen molar-refractivity contribution in [2.45, 2.75) is 94.8 Å². The zero-order chi connectivity index (χ0) is 34.9. The number of fused-ring (bicyclic) bond motifs is 2. The summed E-state index contributed by atoms with van der Waals surface area (Å²) in [6.45, 7) is 15.3. The number of anilines is 1. The number of likely N-dealkylation sites (N-methyl/N-ethyl adjacent to an activating group) is 1. The van der Waals surface area contributed by atoms with E-state index in [2.05, 4.69) is 9.48 Å². The number of unbranched alkanes of at least 4 members (excludes halogenated alkanes) is 2. The lowest BCUT2D eigenvalue weighted by Gasteiger charge is -2.25. The Balaban J connectivity index is 1.63. The topological polar surface area (TPSA) is 132 Å². The Bertz CT molecular complexity index is 1900. The Kier molecular flexibility index (Phi) is 10.6. The summed E-state index contributed by atoms with van der Waals surface area (Å²) in [6, 6.07) is 9.41. The number of nitrogens with zero attached hydrogens (tertiary/aromatic N) is 2. The second-order valence-corrected chi connectivity index (χ2v) is 16.4. The van der Waals surface area contributed by atoms with E-state index in [0.29, 0.717) is 19.5 Å². The number of carbonyl (C=O) groups is 1. The van der Waals surface area contributed by atoms with Crippen molar-refractivity contribution in [2.75, 3.05) is 18.0 Å². The van der Waals surface area contributed by atoms with E-state index in [9.17, 15) is 30.7 Å². The zero-order valence-corrected chi connectivity index (χ0v) is 30.0. The molecular formula is C36H47N2O7S2+. The molecule has 0 saturated heterocycles. The third kappa shape index (κ3) is 7.53. The van der Waals surface area contributed by atoms with E-state index < -0.39 is 31.1 Å². The summed E-state index contributed by atoms with van der Waals surface area (Å²) in [5, 5.41) is 0. The second-order valence-electron chi connectivity index (χ2n) is 13.6. The fourth-order valence-electron chi connectivity index (χ4n) is 6.60. The highest BCUT2D eigenvalue weighted by Crippen LogP contribution is 2.48. The Hall–Kier alpha value is -3.38. The number of hydrogen-bond acceptors (Lipinski definition) is 6. The monoisotopic (exact) mass is 683 g/mol. The van der Waals surface area contributed by atoms with Crippen LogP contribution in [0.1, 0.15) is 85.3 Å². The molecule has 0 unspecified atom stereocenters. The lowest BCUT2D eigenvalue weighted by Crippen LogP contribution is -2.28. The van der Waals surface area contributed by atoms with Gasteiger partial charge in [-0.25, -0.2) is 0 Å². The van der Waals surface area contributed by atoms with Crippen LogP contribution < -0.4 is 4.90 Å². The first kappa shape index (κ1) is 36.5. The molecule has 11 heteroatoms. The molecule has 0 bridgehead atoms. The highest BCUT2D eigenvalue weighted by atomic mass is 32.2. The van der Waals surface area contributed by atoms with Crippen LogP contribution in [0.25, 0.3) is 0 Å². The first-order valence-corrected chi connectivity index (χ1v) is 18.9. The number of benzene rings is 2. The van der Waals surface area contributed by atoms with Crippen LogP contribution in [0, 0.1) is 5.92 Å². The second kappa shape index (κ2) is 13.6. The Morgan fingerprint density at radius 1 is 0.851 bits per heavy atom. The summed E-state index contributed by atoms with van der Waals surface area (Å²) < 4.78 is 69.1. The van der Waals surface area contributed by atoms with Gasteiger partial charge in [-0.2, -0.15) is 21.4 Å². The van der Waals surface area contributed by atoms with E-state index in [0.717, 1.165) is 53.2 Å². The molecule has 2 aliphatic rings. The van der Waals surface area contributed by atoms with E-state index in [4.69, 9.17) is 0 Å². The van der Waals surface area contributed by atoms with Gasteiger partial charge >= 0.3 is 0 Å². The number of allylic oxidation sites excluding steroid dienone is 6. The van der Waals surface area contributed by atoms with Crippen LogP contribution >= 0.6 is 0 Å². The molecule has 2 heterocycles. The number of carbonyl (C=O) groups excluding carboxylic acids is 1. The standard InChI is InChI=1S/C36H46N2O7S2/c1-8-37-30-20-18-26(46(40,41)42)23-28(30)35(4,5)33(37)16-12-9-13-17-34-36(6,7)29-24-27(47(43,44)45)19-21-31(29)38(34)22-14-10-11-15-32(39)25(2)3/h9,12-13,16-21,23-25H,8,10-11,14-15,22H2,1-7H3,(H-,40,41,42,43,44,45)/p+1. The molecule has 0 aliphatic carbocycles. The first-order valence-electron chi connectivity index (χ1n) is 16.1. The maximum Gasteiger partial charge on any atom is 0.294 e. The molecule has 2 aromatic rings. The lowest BCUT2D eigenvalue weighted by molar-refractivity contribution is -0.438. The number of rotatable bonds is 13. The van der Waals surface area contributed by atoms with Gasteiger partial charge in [-0.1, -0.05) is 45.9 Å². The molecular weight excluding hydrogens is 637 g/mol. The van der Waals surface area contributed by atoms with Crippen molar-refractivity contribution in [3.63, 3.8) is 0 Å². The highest BCUT2D eigenvalue weighted by molar-refractivity contribution is 7.86. The molecule has 0 atom stereocenters. The van der Waals surface area contributed by atoms with Crippen LogP contribution in [-0.4, -0.2) is 55.1 Å². The minimum atomic E-state index is -4.37. The minimum Gasteiger partial charge on any atom is -0.344 e. The van der Waals surface area contributed by atoms with Gasteiger partial charge in [0.05, 0.1) is 15.2 Å². The number of Topliss-reactive ketones (excluding diaryl/α,β-unsaturated/α-hetero) is 1. The molecule has 4 rings (SSSR count). The molecule has 0 aromatic heterocycles. The van der Waals surface area contributed by atoms with E-state index >= 15 is 0 Å². The van der Waals surface area contributed by atoms with E-state index in [-0.39, 0.29) is 21.5 Å². The summed E-state index contributed by atoms with van der Waals surface area (Å²) in [7, 11) is -8.70. The van der Waals surface area contributed by atoms with Gasteiger partial charge in [0.25, 0.3) is 20.2 Å². The SMILES string of the molecule is CCN1\C(=C/C=C/C=C/C2=[N+](CCCCCC(=O)C(C)C)c3ccc(S(=O)(=O)O)cc3C2(C)C)C(C)(C)c2cc(S(=O)(=O)O)ccc21. The van der Waals surface area contributed by atoms with Crippen molar-refractivity contribution in [2.24, 2.45) is 5.92 Å². The molecule has 2 aromatic carbocycles. The molecule has 0 amide bonds. The van der Waals surface area contributed by atoms with E-state index in [1.807, 2.05) is 78.8 Å². The van der Waals surface area contributed by atoms with Crippen molar-refractivity contribution >= 4 is 43.1 Å². The predicted molar refractivity (Wildman–Crippen MR) is 186 cm³/mol. The van der Waals surface area contributed by atoms with Crippen molar-refractivity contribution in [3.05, 3.63) is 83.6 Å². The summed E-state index contributed by atoms with van der Waals surface area (Å²) in [4.78, 5) is 13.9. The van der Waals surface area contributed by atoms with Gasteiger partial charge in [-0.3, -0.25) is 13.9 Å². The van der Waals surface area contributed by atoms with Crippen molar-refractivity contribution in [3.8, 4) is 0 Å². The summed E-state index contributed by atoms with van der Waals surface area (Å²) in [6.07, 6.45) is 13.0. The average Bonchev–Trinajstić information content (AvgIpc) is 3.33. The number of hydrogen-bond donors (Lipinski definition) is 2. The van der Waals surface area contributed by atoms with Crippen LogP contribution in [0.4, 0.5) is 11.4 Å². The van der Waals surface area contributed by atoms with Gasteiger partial charge in [0.15, 0.2) is 5.71 Å². The smallest absolute Gasteiger partial charge is 0.294 e. The molecule has 0 saturated carbocycles. The lowest BCUT2D eigenvalue weighted by atomic mass is 9.81. The fourth-order valence-corrected chi connectivity index (χ4v) is 7.62. The van der Waals surface area contributed by atoms with Gasteiger partial charge < -0.3 is 4.90 Å². The third-order valence-electron chi connectivity index (χ3n) is 9.32. The van der Waals surface area contributed by atoms with Crippen molar-refractivity contribution < 1.29 is 35.3 Å². The van der Waals surface area contributed by atoms with Gasteiger partial charge in [-0.15, -0.1) is 0 Å². The fraction of sp³-hybridized carbons (Fsp3) is 0.444. The summed E-state index contributed by atoms with van der Waals surface area (Å²) >= 11 is 0. The number of ketones is 1. The van der Waals surface area contributed by atoms with Crippen LogP contribution in [0.3, 0.4) is 0 Å². The van der Waals surface area contributed by atoms with E-state index in [1.54, 1.807) is 24.3 Å². The quantitative estimate of drug-likeness (QED) is 0.0985. The minimum absolute atomic E-state index is 0.0325. The Labute approximate surface area is 279 Å². The normalized spacial score (nSPS) is 18.3. The molecule has 0 fully saturated rings. The average molecular weight is 684 g/mol. The molecule has 254 valence electrons. The van der Waals surface area contributed by atoms with Gasteiger partial charge in [0.2, 0.25) is 5.69 Å². The van der Waals surface area contributed by atoms with Crippen molar-refractivity contribution in [1.29, 1.82) is 0 Å². The predicted octanol–water partition coefficient (Wildman–Crippen LogP) is 7.16. The van der Waals surface area contributed by atoms with Gasteiger partial charge in [0, 0.05) is 59.8 Å². The molecule has 9 nitrogen and oxygen atoms in total. The Morgan fingerprint density at radius 3 is 2.06 bits per heavy atom. The van der Waals surface area contributed by atoms with Crippen LogP contribution in [-0.2, 0) is 35.9 Å². The zero-order valence-electron chi connectivity index (χ0n) is 28.3. The molecule has 0 radical (unpaired) electrons. The van der Waals surface area contributed by atoms with E-state index in [1.165, 1.54) is 12.1 Å². The van der Waals surface area contributed by atoms with Crippen molar-refractivity contribution in [1.82, 2.24) is 0 Å². The first-order chi connectivity index (χ1) is 21.8. The molecule has 2 N–H and O–H groups in total. The molecule has 0 spiro atoms. The van der Waals surface area contributed by atoms with Crippen LogP contribution in [0.2, 0.25) is 0 Å². The largest absolute Gasteiger partial charge is 0.344 e. The van der Waals surface area contributed by atoms with Gasteiger partial charge in [-0.05, 0) is 75.6 Å². The van der Waals surface area contributed by atoms with Crippen LogP contribution in [0.5, 0.6) is 0 Å². The summed E-state index contributed by atoms with van der Waals surface area (Å²) in [5.41, 5.74) is 4.33. The molecule has 47 heavy (non-hydrogen) atoms. The Morgan fingerprint density at radius 2 is 1.47 bits per heavy atom. The maximum absolute atomic E-state index is 12.1. The highest BCUT2D eigenvalue weighted by Gasteiger charge is 2.45. The van der Waals surface area contributed by atoms with Gasteiger partial charge in [0.1, 0.15) is 12.3 Å².